The Morgan fingerprint density at radius 3 is 2.62 bits per heavy atom. The monoisotopic (exact) mass is 365 g/mol. The molecule has 24 heavy (non-hydrogen) atoms. The normalized spacial score (nSPS) is 20.8. The van der Waals surface area contributed by atoms with Crippen LogP contribution < -0.4 is 10.6 Å². The van der Waals surface area contributed by atoms with E-state index in [0.717, 1.165) is 29.8 Å². The first-order chi connectivity index (χ1) is 11.1. The third-order valence-electron chi connectivity index (χ3n) is 3.61. The molecule has 2 atom stereocenters. The second-order valence-electron chi connectivity index (χ2n) is 5.45. The van der Waals surface area contributed by atoms with Crippen LogP contribution in [-0.4, -0.2) is 51.6 Å². The van der Waals surface area contributed by atoms with Crippen LogP contribution in [0.15, 0.2) is 12.3 Å². The van der Waals surface area contributed by atoms with E-state index < -0.39 is 12.1 Å². The predicted octanol–water partition coefficient (Wildman–Crippen LogP) is 2.03. The number of hydrogen-bond donors (Lipinski definition) is 3. The van der Waals surface area contributed by atoms with Crippen molar-refractivity contribution in [2.45, 2.75) is 19.1 Å². The number of pyridine rings is 1. The molecule has 2 aromatic rings. The minimum Gasteiger partial charge on any atom is -0.475 e. The predicted molar refractivity (Wildman–Crippen MR) is 81.9 cm³/mol. The van der Waals surface area contributed by atoms with Gasteiger partial charge in [-0.25, -0.2) is 9.78 Å². The van der Waals surface area contributed by atoms with Crippen LogP contribution in [0.4, 0.5) is 19.0 Å². The van der Waals surface area contributed by atoms with Crippen LogP contribution in [0.1, 0.15) is 6.92 Å². The smallest absolute Gasteiger partial charge is 0.475 e. The Kier molecular flexibility index (Phi) is 5.19. The third kappa shape index (κ3) is 4.06. The topological polar surface area (TPSA) is 108 Å². The molecule has 3 rings (SSSR count). The SMILES string of the molecule is CC1CN(c2n[nH]c3cc(Cl)ncc23)CC1N.O=C(O)C(F)(F)F. The summed E-state index contributed by atoms with van der Waals surface area (Å²) in [5.74, 6) is -1.35. The fourth-order valence-corrected chi connectivity index (χ4v) is 2.44. The Morgan fingerprint density at radius 1 is 1.50 bits per heavy atom. The fourth-order valence-electron chi connectivity index (χ4n) is 2.28. The molecule has 2 unspecified atom stereocenters. The van der Waals surface area contributed by atoms with Crippen LogP contribution >= 0.6 is 11.6 Å². The second kappa shape index (κ2) is 6.81. The number of carboxylic acids is 1. The van der Waals surface area contributed by atoms with Crippen molar-refractivity contribution in [3.8, 4) is 0 Å². The lowest BCUT2D eigenvalue weighted by molar-refractivity contribution is -0.192. The van der Waals surface area contributed by atoms with E-state index in [1.807, 2.05) is 0 Å². The maximum absolute atomic E-state index is 10.6. The van der Waals surface area contributed by atoms with Crippen LogP contribution in [0.3, 0.4) is 0 Å². The summed E-state index contributed by atoms with van der Waals surface area (Å²) in [7, 11) is 0. The number of anilines is 1. The molecular formula is C13H15ClF3N5O2. The van der Waals surface area contributed by atoms with Gasteiger partial charge in [0.1, 0.15) is 5.15 Å². The Bertz CT molecular complexity index is 726. The van der Waals surface area contributed by atoms with Crippen molar-refractivity contribution in [1.29, 1.82) is 0 Å². The largest absolute Gasteiger partial charge is 0.490 e. The molecule has 1 aliphatic heterocycles. The van der Waals surface area contributed by atoms with Crippen molar-refractivity contribution in [2.24, 2.45) is 11.7 Å². The maximum Gasteiger partial charge on any atom is 0.490 e. The molecule has 7 nitrogen and oxygen atoms in total. The quantitative estimate of drug-likeness (QED) is 0.667. The Labute approximate surface area is 139 Å². The summed E-state index contributed by atoms with van der Waals surface area (Å²) in [4.78, 5) is 15.2. The zero-order chi connectivity index (χ0) is 18.1. The van der Waals surface area contributed by atoms with Gasteiger partial charge >= 0.3 is 12.1 Å². The number of rotatable bonds is 1. The van der Waals surface area contributed by atoms with Gasteiger partial charge in [-0.1, -0.05) is 18.5 Å². The molecule has 0 aliphatic carbocycles. The molecule has 0 radical (unpaired) electrons. The number of aromatic nitrogens is 3. The van der Waals surface area contributed by atoms with Gasteiger partial charge in [0.25, 0.3) is 0 Å². The lowest BCUT2D eigenvalue weighted by atomic mass is 10.1. The van der Waals surface area contributed by atoms with E-state index >= 15 is 0 Å². The molecule has 132 valence electrons. The number of carboxylic acid groups (broad SMARTS) is 1. The molecule has 0 aromatic carbocycles. The molecule has 1 fully saturated rings. The van der Waals surface area contributed by atoms with E-state index in [9.17, 15) is 13.2 Å². The molecule has 1 saturated heterocycles. The number of aliphatic carboxylic acids is 1. The molecular weight excluding hydrogens is 351 g/mol. The third-order valence-corrected chi connectivity index (χ3v) is 3.81. The van der Waals surface area contributed by atoms with Crippen LogP contribution in [0.5, 0.6) is 0 Å². The van der Waals surface area contributed by atoms with Gasteiger partial charge in [0.2, 0.25) is 0 Å². The van der Waals surface area contributed by atoms with E-state index in [-0.39, 0.29) is 6.04 Å². The van der Waals surface area contributed by atoms with E-state index in [1.54, 1.807) is 12.3 Å². The summed E-state index contributed by atoms with van der Waals surface area (Å²) in [6.45, 7) is 3.93. The highest BCUT2D eigenvalue weighted by Gasteiger charge is 2.38. The summed E-state index contributed by atoms with van der Waals surface area (Å²) in [5, 5.41) is 15.9. The van der Waals surface area contributed by atoms with Crippen LogP contribution in [0.25, 0.3) is 10.9 Å². The summed E-state index contributed by atoms with van der Waals surface area (Å²) in [6.07, 6.45) is -3.33. The molecule has 0 saturated carbocycles. The summed E-state index contributed by atoms with van der Waals surface area (Å²) < 4.78 is 31.7. The highest BCUT2D eigenvalue weighted by molar-refractivity contribution is 6.30. The van der Waals surface area contributed by atoms with E-state index in [1.165, 1.54) is 0 Å². The second-order valence-corrected chi connectivity index (χ2v) is 5.84. The van der Waals surface area contributed by atoms with Gasteiger partial charge < -0.3 is 15.7 Å². The fraction of sp³-hybridized carbons (Fsp3) is 0.462. The average Bonchev–Trinajstić information content (AvgIpc) is 3.02. The molecule has 1 aliphatic rings. The lowest BCUT2D eigenvalue weighted by Crippen LogP contribution is -2.28. The number of carbonyl (C=O) groups is 1. The van der Waals surface area contributed by atoms with E-state index in [0.29, 0.717) is 11.1 Å². The molecule has 0 bridgehead atoms. The maximum atomic E-state index is 10.6. The van der Waals surface area contributed by atoms with Crippen molar-refractivity contribution in [3.63, 3.8) is 0 Å². The Morgan fingerprint density at radius 2 is 2.12 bits per heavy atom. The number of aromatic amines is 1. The number of halogens is 4. The average molecular weight is 366 g/mol. The molecule has 3 heterocycles. The van der Waals surface area contributed by atoms with Gasteiger partial charge in [-0.05, 0) is 5.92 Å². The number of H-pyrrole nitrogens is 1. The molecule has 2 aromatic heterocycles. The standard InChI is InChI=1S/C11H14ClN5.C2HF3O2/c1-6-4-17(5-8(6)13)11-7-3-14-10(12)2-9(7)15-16-11;3-2(4,5)1(6)7/h2-3,6,8H,4-5,13H2,1H3,(H,15,16);(H,6,7). The van der Waals surface area contributed by atoms with Gasteiger partial charge in [-0.2, -0.15) is 18.3 Å². The van der Waals surface area contributed by atoms with Gasteiger partial charge in [-0.3, -0.25) is 5.10 Å². The van der Waals surface area contributed by atoms with Gasteiger partial charge in [0.05, 0.1) is 10.9 Å². The highest BCUT2D eigenvalue weighted by Crippen LogP contribution is 2.28. The van der Waals surface area contributed by atoms with Crippen molar-refractivity contribution < 1.29 is 23.1 Å². The number of fused-ring (bicyclic) bond motifs is 1. The first kappa shape index (κ1) is 18.3. The molecule has 0 amide bonds. The number of alkyl halides is 3. The zero-order valence-electron chi connectivity index (χ0n) is 12.5. The highest BCUT2D eigenvalue weighted by atomic mass is 35.5. The lowest BCUT2D eigenvalue weighted by Gasteiger charge is -2.14. The summed E-state index contributed by atoms with van der Waals surface area (Å²) >= 11 is 5.84. The first-order valence-electron chi connectivity index (χ1n) is 6.90. The molecule has 0 spiro atoms. The summed E-state index contributed by atoms with van der Waals surface area (Å²) in [6, 6.07) is 1.99. The zero-order valence-corrected chi connectivity index (χ0v) is 13.3. The van der Waals surface area contributed by atoms with Crippen molar-refractivity contribution in [1.82, 2.24) is 15.2 Å². The number of nitrogens with one attached hydrogen (secondary N) is 1. The molecule has 11 heteroatoms. The van der Waals surface area contributed by atoms with Crippen molar-refractivity contribution in [3.05, 3.63) is 17.4 Å². The van der Waals surface area contributed by atoms with Gasteiger partial charge in [0, 0.05) is 31.4 Å². The molecule has 4 N–H and O–H groups in total. The Balaban J connectivity index is 0.000000256. The number of nitrogens with zero attached hydrogens (tertiary/aromatic N) is 3. The van der Waals surface area contributed by atoms with Gasteiger partial charge in [-0.15, -0.1) is 0 Å². The summed E-state index contributed by atoms with van der Waals surface area (Å²) in [5.41, 5.74) is 6.94. The van der Waals surface area contributed by atoms with E-state index in [4.69, 9.17) is 27.2 Å². The van der Waals surface area contributed by atoms with Crippen molar-refractivity contribution in [2.75, 3.05) is 18.0 Å². The minimum atomic E-state index is -5.08. The number of hydrogen-bond acceptors (Lipinski definition) is 5. The van der Waals surface area contributed by atoms with Crippen LogP contribution in [0, 0.1) is 5.92 Å². The number of nitrogens with two attached hydrogens (primary N) is 1. The van der Waals surface area contributed by atoms with E-state index in [2.05, 4.69) is 27.0 Å². The van der Waals surface area contributed by atoms with Crippen LogP contribution in [0.2, 0.25) is 5.15 Å². The minimum absolute atomic E-state index is 0.210. The van der Waals surface area contributed by atoms with Gasteiger partial charge in [0.15, 0.2) is 5.82 Å². The van der Waals surface area contributed by atoms with Crippen LogP contribution in [-0.2, 0) is 4.79 Å². The van der Waals surface area contributed by atoms with Crippen molar-refractivity contribution >= 4 is 34.3 Å². The Hall–Kier alpha value is -2.07. The first-order valence-corrected chi connectivity index (χ1v) is 7.27.